The van der Waals surface area contributed by atoms with Crippen LogP contribution in [0.15, 0.2) is 77.7 Å². The first-order chi connectivity index (χ1) is 18.6. The van der Waals surface area contributed by atoms with E-state index in [-0.39, 0.29) is 28.1 Å². The molecule has 11 heteroatoms. The smallest absolute Gasteiger partial charge is 0.264 e. The van der Waals surface area contributed by atoms with Gasteiger partial charge < -0.3 is 15.0 Å². The molecule has 0 fully saturated rings. The largest absolute Gasteiger partial charge is 0.497 e. The van der Waals surface area contributed by atoms with Crippen molar-refractivity contribution in [2.45, 2.75) is 37.8 Å². The summed E-state index contributed by atoms with van der Waals surface area (Å²) >= 11 is 12.5. The molecular formula is C28H31Cl2N3O5S. The molecule has 208 valence electrons. The summed E-state index contributed by atoms with van der Waals surface area (Å²) in [4.78, 5) is 28.1. The highest BCUT2D eigenvalue weighted by molar-refractivity contribution is 7.92. The minimum atomic E-state index is -4.22. The summed E-state index contributed by atoms with van der Waals surface area (Å²) in [6.07, 6.45) is 0.725. The Morgan fingerprint density at radius 3 is 2.26 bits per heavy atom. The van der Waals surface area contributed by atoms with Gasteiger partial charge in [-0.25, -0.2) is 8.42 Å². The molecule has 8 nitrogen and oxygen atoms in total. The van der Waals surface area contributed by atoms with E-state index < -0.39 is 28.5 Å². The first-order valence-electron chi connectivity index (χ1n) is 12.3. The second-order valence-corrected chi connectivity index (χ2v) is 11.5. The van der Waals surface area contributed by atoms with E-state index >= 15 is 0 Å². The summed E-state index contributed by atoms with van der Waals surface area (Å²) in [5, 5.41) is 3.18. The number of amides is 2. The number of carbonyl (C=O) groups excluding carboxylic acids is 2. The maximum absolute atomic E-state index is 13.9. The number of anilines is 1. The van der Waals surface area contributed by atoms with Crippen LogP contribution in [0.5, 0.6) is 5.75 Å². The van der Waals surface area contributed by atoms with Gasteiger partial charge in [0.05, 0.1) is 22.7 Å². The molecule has 3 aromatic rings. The quantitative estimate of drug-likeness (QED) is 0.314. The van der Waals surface area contributed by atoms with E-state index in [1.54, 1.807) is 56.5 Å². The average molecular weight is 593 g/mol. The molecule has 0 aliphatic carbocycles. The first kappa shape index (κ1) is 30.3. The Morgan fingerprint density at radius 1 is 1.00 bits per heavy atom. The van der Waals surface area contributed by atoms with Crippen LogP contribution >= 0.6 is 23.2 Å². The summed E-state index contributed by atoms with van der Waals surface area (Å²) in [5.41, 5.74) is 0.826. The third kappa shape index (κ3) is 7.65. The molecule has 0 unspecified atom stereocenters. The van der Waals surface area contributed by atoms with Gasteiger partial charge in [-0.3, -0.25) is 13.9 Å². The first-order valence-corrected chi connectivity index (χ1v) is 14.5. The fourth-order valence-corrected chi connectivity index (χ4v) is 5.84. The van der Waals surface area contributed by atoms with Gasteiger partial charge in [-0.05, 0) is 61.4 Å². The topological polar surface area (TPSA) is 96.0 Å². The fraction of sp³-hybridized carbons (Fsp3) is 0.286. The van der Waals surface area contributed by atoms with Crippen molar-refractivity contribution in [3.63, 3.8) is 0 Å². The SMILES string of the molecule is CCCNC(=O)[C@@H](C)N(Cc1ccc(OC)cc1)C(=O)CN(c1ccc(Cl)cc1Cl)S(=O)(=O)c1ccccc1. The van der Waals surface area contributed by atoms with E-state index in [2.05, 4.69) is 5.32 Å². The van der Waals surface area contributed by atoms with Gasteiger partial charge in [0.1, 0.15) is 18.3 Å². The molecule has 0 aliphatic rings. The number of rotatable bonds is 12. The molecule has 3 rings (SSSR count). The van der Waals surface area contributed by atoms with E-state index in [1.807, 2.05) is 6.92 Å². The molecule has 3 aromatic carbocycles. The Balaban J connectivity index is 2.03. The van der Waals surface area contributed by atoms with Crippen LogP contribution in [0.1, 0.15) is 25.8 Å². The van der Waals surface area contributed by atoms with E-state index in [0.717, 1.165) is 16.3 Å². The number of carbonyl (C=O) groups is 2. The van der Waals surface area contributed by atoms with E-state index in [1.165, 1.54) is 35.2 Å². The highest BCUT2D eigenvalue weighted by Crippen LogP contribution is 2.33. The van der Waals surface area contributed by atoms with Crippen molar-refractivity contribution in [3.05, 3.63) is 88.4 Å². The Labute approximate surface area is 239 Å². The number of methoxy groups -OCH3 is 1. The van der Waals surface area contributed by atoms with E-state index in [0.29, 0.717) is 17.3 Å². The molecule has 0 saturated heterocycles. The molecule has 0 bridgehead atoms. The van der Waals surface area contributed by atoms with Gasteiger partial charge in [-0.15, -0.1) is 0 Å². The number of nitrogens with zero attached hydrogens (tertiary/aromatic N) is 2. The summed E-state index contributed by atoms with van der Waals surface area (Å²) in [6.45, 7) is 3.45. The van der Waals surface area contributed by atoms with Crippen LogP contribution in [0.25, 0.3) is 0 Å². The monoisotopic (exact) mass is 591 g/mol. The summed E-state index contributed by atoms with van der Waals surface area (Å²) in [7, 11) is -2.67. The lowest BCUT2D eigenvalue weighted by Crippen LogP contribution is -2.51. The second-order valence-electron chi connectivity index (χ2n) is 8.76. The zero-order valence-corrected chi connectivity index (χ0v) is 24.3. The number of nitrogens with one attached hydrogen (secondary N) is 1. The minimum absolute atomic E-state index is 0.0146. The lowest BCUT2D eigenvalue weighted by Gasteiger charge is -2.32. The van der Waals surface area contributed by atoms with Crippen molar-refractivity contribution in [2.24, 2.45) is 0 Å². The van der Waals surface area contributed by atoms with Crippen LogP contribution < -0.4 is 14.4 Å². The standard InChI is InChI=1S/C28H31Cl2N3O5S/c1-4-16-31-28(35)20(2)32(18-21-10-13-23(38-3)14-11-21)27(34)19-33(26-15-12-22(29)17-25(26)30)39(36,37)24-8-6-5-7-9-24/h5-15,17,20H,4,16,18-19H2,1-3H3,(H,31,35)/t20-/m1/s1. The third-order valence-corrected chi connectivity index (χ3v) is 8.33. The van der Waals surface area contributed by atoms with Gasteiger partial charge >= 0.3 is 0 Å². The number of ether oxygens (including phenoxy) is 1. The van der Waals surface area contributed by atoms with Gasteiger partial charge in [-0.2, -0.15) is 0 Å². The zero-order chi connectivity index (χ0) is 28.6. The van der Waals surface area contributed by atoms with Crippen LogP contribution in [0.3, 0.4) is 0 Å². The molecule has 0 aliphatic heterocycles. The molecule has 0 heterocycles. The molecule has 0 saturated carbocycles. The molecule has 39 heavy (non-hydrogen) atoms. The summed E-state index contributed by atoms with van der Waals surface area (Å²) in [6, 6.07) is 18.3. The second kappa shape index (κ2) is 13.7. The maximum Gasteiger partial charge on any atom is 0.264 e. The van der Waals surface area contributed by atoms with Gasteiger partial charge in [0.25, 0.3) is 10.0 Å². The van der Waals surface area contributed by atoms with Crippen LogP contribution in [-0.2, 0) is 26.2 Å². The Morgan fingerprint density at radius 2 is 1.67 bits per heavy atom. The molecule has 0 aromatic heterocycles. The summed E-state index contributed by atoms with van der Waals surface area (Å²) in [5.74, 6) is -0.293. The number of sulfonamides is 1. The van der Waals surface area contributed by atoms with Crippen LogP contribution in [-0.4, -0.2) is 51.4 Å². The minimum Gasteiger partial charge on any atom is -0.497 e. The highest BCUT2D eigenvalue weighted by atomic mass is 35.5. The lowest BCUT2D eigenvalue weighted by atomic mass is 10.1. The predicted octanol–water partition coefficient (Wildman–Crippen LogP) is 5.14. The molecule has 2 amide bonds. The lowest BCUT2D eigenvalue weighted by molar-refractivity contribution is -0.139. The zero-order valence-electron chi connectivity index (χ0n) is 21.9. The van der Waals surface area contributed by atoms with Crippen LogP contribution in [0.4, 0.5) is 5.69 Å². The van der Waals surface area contributed by atoms with Gasteiger partial charge in [0.2, 0.25) is 11.8 Å². The van der Waals surface area contributed by atoms with E-state index in [9.17, 15) is 18.0 Å². The van der Waals surface area contributed by atoms with Crippen molar-refractivity contribution in [2.75, 3.05) is 24.5 Å². The van der Waals surface area contributed by atoms with Crippen molar-refractivity contribution >= 4 is 50.7 Å². The Hall–Kier alpha value is -3.27. The van der Waals surface area contributed by atoms with Gasteiger partial charge in [0.15, 0.2) is 0 Å². The summed E-state index contributed by atoms with van der Waals surface area (Å²) < 4.78 is 33.7. The average Bonchev–Trinajstić information content (AvgIpc) is 2.94. The molecular weight excluding hydrogens is 561 g/mol. The fourth-order valence-electron chi connectivity index (χ4n) is 3.82. The maximum atomic E-state index is 13.9. The van der Waals surface area contributed by atoms with Crippen molar-refractivity contribution in [3.8, 4) is 5.75 Å². The predicted molar refractivity (Wildman–Crippen MR) is 154 cm³/mol. The van der Waals surface area contributed by atoms with Crippen molar-refractivity contribution in [1.82, 2.24) is 10.2 Å². The van der Waals surface area contributed by atoms with Crippen molar-refractivity contribution in [1.29, 1.82) is 0 Å². The number of halogens is 2. The number of benzene rings is 3. The number of hydrogen-bond donors (Lipinski definition) is 1. The van der Waals surface area contributed by atoms with E-state index in [4.69, 9.17) is 27.9 Å². The Bertz CT molecular complexity index is 1390. The molecule has 0 spiro atoms. The molecule has 1 atom stereocenters. The Kier molecular flexibility index (Phi) is 10.6. The molecule has 1 N–H and O–H groups in total. The van der Waals surface area contributed by atoms with Crippen molar-refractivity contribution < 1.29 is 22.7 Å². The molecule has 0 radical (unpaired) electrons. The number of hydrogen-bond acceptors (Lipinski definition) is 5. The van der Waals surface area contributed by atoms with Crippen LogP contribution in [0.2, 0.25) is 10.0 Å². The highest BCUT2D eigenvalue weighted by Gasteiger charge is 2.33. The third-order valence-electron chi connectivity index (χ3n) is 6.02. The normalized spacial score (nSPS) is 11.9. The van der Waals surface area contributed by atoms with Gasteiger partial charge in [0, 0.05) is 18.1 Å². The van der Waals surface area contributed by atoms with Gasteiger partial charge in [-0.1, -0.05) is 60.5 Å². The van der Waals surface area contributed by atoms with Crippen LogP contribution in [0, 0.1) is 0 Å².